The van der Waals surface area contributed by atoms with Crippen LogP contribution in [0.4, 0.5) is 5.82 Å². The Kier molecular flexibility index (Phi) is 3.47. The summed E-state index contributed by atoms with van der Waals surface area (Å²) in [5, 5.41) is 0. The Bertz CT molecular complexity index is 549. The third kappa shape index (κ3) is 2.23. The van der Waals surface area contributed by atoms with Crippen molar-refractivity contribution in [3.63, 3.8) is 0 Å². The molecule has 94 valence electrons. The van der Waals surface area contributed by atoms with Gasteiger partial charge in [0.05, 0.1) is 19.7 Å². The van der Waals surface area contributed by atoms with Crippen LogP contribution in [-0.2, 0) is 0 Å². The van der Waals surface area contributed by atoms with Gasteiger partial charge in [-0.2, -0.15) is 0 Å². The van der Waals surface area contributed by atoms with Crippen LogP contribution in [0.1, 0.15) is 37.3 Å². The van der Waals surface area contributed by atoms with Gasteiger partial charge in [0.15, 0.2) is 5.82 Å². The largest absolute Gasteiger partial charge is 0.383 e. The number of halogens is 1. The van der Waals surface area contributed by atoms with Crippen molar-refractivity contribution in [2.24, 2.45) is 0 Å². The molecule has 1 saturated carbocycles. The van der Waals surface area contributed by atoms with E-state index in [2.05, 4.69) is 32.6 Å². The quantitative estimate of drug-likeness (QED) is 0.821. The molecule has 0 atom stereocenters. The highest BCUT2D eigenvalue weighted by molar-refractivity contribution is 14.1. The van der Waals surface area contributed by atoms with Crippen molar-refractivity contribution in [3.05, 3.63) is 21.0 Å². The summed E-state index contributed by atoms with van der Waals surface area (Å²) in [6.45, 7) is 0. The number of anilines is 1. The molecule has 2 N–H and O–H groups in total. The Morgan fingerprint density at radius 3 is 2.72 bits per heavy atom. The fraction of sp³-hybridized carbons (Fsp3) is 0.417. The van der Waals surface area contributed by atoms with Gasteiger partial charge < -0.3 is 5.73 Å². The van der Waals surface area contributed by atoms with Gasteiger partial charge in [0, 0.05) is 12.1 Å². The molecule has 6 heteroatoms. The lowest BCUT2D eigenvalue weighted by Crippen LogP contribution is -2.07. The van der Waals surface area contributed by atoms with E-state index in [1.54, 1.807) is 23.0 Å². The second kappa shape index (κ2) is 5.08. The number of nitrogens with zero attached hydrogens (tertiary/aromatic N) is 3. The van der Waals surface area contributed by atoms with Crippen molar-refractivity contribution in [3.8, 4) is 10.7 Å². The van der Waals surface area contributed by atoms with E-state index in [4.69, 9.17) is 10.7 Å². The van der Waals surface area contributed by atoms with Gasteiger partial charge in [-0.1, -0.05) is 12.8 Å². The predicted molar refractivity (Wildman–Crippen MR) is 81.5 cm³/mol. The van der Waals surface area contributed by atoms with Gasteiger partial charge in [0.25, 0.3) is 0 Å². The van der Waals surface area contributed by atoms with E-state index in [-0.39, 0.29) is 0 Å². The summed E-state index contributed by atoms with van der Waals surface area (Å²) in [5.74, 6) is 1.86. The molecule has 2 heterocycles. The Balaban J connectivity index is 2.07. The van der Waals surface area contributed by atoms with Crippen LogP contribution in [-0.4, -0.2) is 15.0 Å². The summed E-state index contributed by atoms with van der Waals surface area (Å²) >= 11 is 3.81. The predicted octanol–water partition coefficient (Wildman–Crippen LogP) is 3.44. The van der Waals surface area contributed by atoms with Gasteiger partial charge in [-0.15, -0.1) is 11.3 Å². The normalized spacial score (nSPS) is 16.3. The first kappa shape index (κ1) is 12.3. The Morgan fingerprint density at radius 1 is 1.28 bits per heavy atom. The minimum atomic E-state index is 0.550. The maximum absolute atomic E-state index is 6.02. The molecule has 1 aliphatic rings. The molecule has 2 aromatic rings. The number of aromatic nitrogens is 3. The summed E-state index contributed by atoms with van der Waals surface area (Å²) in [5.41, 5.74) is 8.94. The van der Waals surface area contributed by atoms with Crippen molar-refractivity contribution >= 4 is 39.7 Å². The maximum atomic E-state index is 6.02. The first-order chi connectivity index (χ1) is 8.75. The second-order valence-corrected chi connectivity index (χ2v) is 6.44. The van der Waals surface area contributed by atoms with Crippen LogP contribution in [0.25, 0.3) is 10.7 Å². The molecule has 18 heavy (non-hydrogen) atoms. The van der Waals surface area contributed by atoms with Crippen LogP contribution in [0.15, 0.2) is 11.7 Å². The van der Waals surface area contributed by atoms with Gasteiger partial charge >= 0.3 is 0 Å². The highest BCUT2D eigenvalue weighted by atomic mass is 127. The lowest BCUT2D eigenvalue weighted by Gasteiger charge is -2.13. The van der Waals surface area contributed by atoms with E-state index >= 15 is 0 Å². The van der Waals surface area contributed by atoms with Crippen molar-refractivity contribution < 1.29 is 0 Å². The molecule has 3 rings (SSSR count). The average molecular weight is 372 g/mol. The van der Waals surface area contributed by atoms with Gasteiger partial charge in [-0.25, -0.2) is 9.97 Å². The van der Waals surface area contributed by atoms with Crippen molar-refractivity contribution in [2.45, 2.75) is 31.6 Å². The third-order valence-electron chi connectivity index (χ3n) is 3.30. The summed E-state index contributed by atoms with van der Waals surface area (Å²) in [4.78, 5) is 14.2. The number of thiazole rings is 1. The standard InChI is InChI=1S/C12H13IN4S/c13-9-10(7-3-1-2-4-7)16-12(17-11(9)14)8-5-15-6-18-8/h5-7H,1-4H2,(H2,14,16,17). The molecule has 0 aliphatic heterocycles. The van der Waals surface area contributed by atoms with Crippen LogP contribution in [0.5, 0.6) is 0 Å². The van der Waals surface area contributed by atoms with Gasteiger partial charge in [-0.3, -0.25) is 4.98 Å². The third-order valence-corrected chi connectivity index (χ3v) is 5.17. The lowest BCUT2D eigenvalue weighted by atomic mass is 10.0. The van der Waals surface area contributed by atoms with E-state index in [0.717, 1.165) is 20.0 Å². The van der Waals surface area contributed by atoms with Gasteiger partial charge in [0.1, 0.15) is 5.82 Å². The molecule has 0 spiro atoms. The van der Waals surface area contributed by atoms with E-state index in [1.807, 2.05) is 0 Å². The van der Waals surface area contributed by atoms with Crippen LogP contribution in [0, 0.1) is 3.57 Å². The molecule has 2 aromatic heterocycles. The summed E-state index contributed by atoms with van der Waals surface area (Å²) < 4.78 is 1.02. The Morgan fingerprint density at radius 2 is 2.06 bits per heavy atom. The highest BCUT2D eigenvalue weighted by Crippen LogP contribution is 2.37. The molecule has 0 unspecified atom stereocenters. The van der Waals surface area contributed by atoms with E-state index in [0.29, 0.717) is 11.7 Å². The van der Waals surface area contributed by atoms with Crippen molar-refractivity contribution in [1.82, 2.24) is 15.0 Å². The second-order valence-electron chi connectivity index (χ2n) is 4.48. The number of nitrogen functional groups attached to an aromatic ring is 1. The molecule has 0 radical (unpaired) electrons. The van der Waals surface area contributed by atoms with Crippen molar-refractivity contribution in [2.75, 3.05) is 5.73 Å². The Hall–Kier alpha value is -0.760. The molecule has 4 nitrogen and oxygen atoms in total. The minimum Gasteiger partial charge on any atom is -0.383 e. The monoisotopic (exact) mass is 372 g/mol. The first-order valence-corrected chi connectivity index (χ1v) is 7.93. The number of rotatable bonds is 2. The number of nitrogens with two attached hydrogens (primary N) is 1. The van der Waals surface area contributed by atoms with Gasteiger partial charge in [0.2, 0.25) is 0 Å². The molecular formula is C12H13IN4S. The summed E-state index contributed by atoms with van der Waals surface area (Å²) in [7, 11) is 0. The van der Waals surface area contributed by atoms with Crippen LogP contribution in [0.3, 0.4) is 0 Å². The van der Waals surface area contributed by atoms with Gasteiger partial charge in [-0.05, 0) is 35.4 Å². The zero-order valence-corrected chi connectivity index (χ0v) is 12.7. The summed E-state index contributed by atoms with van der Waals surface area (Å²) in [6.07, 6.45) is 6.81. The van der Waals surface area contributed by atoms with E-state index in [1.165, 1.54) is 25.7 Å². The molecule has 0 aromatic carbocycles. The minimum absolute atomic E-state index is 0.550. The zero-order chi connectivity index (χ0) is 12.5. The van der Waals surface area contributed by atoms with Crippen LogP contribution < -0.4 is 5.73 Å². The lowest BCUT2D eigenvalue weighted by molar-refractivity contribution is 0.691. The zero-order valence-electron chi connectivity index (χ0n) is 9.77. The first-order valence-electron chi connectivity index (χ1n) is 5.97. The van der Waals surface area contributed by atoms with Crippen LogP contribution >= 0.6 is 33.9 Å². The summed E-state index contributed by atoms with van der Waals surface area (Å²) in [6, 6.07) is 0. The smallest absolute Gasteiger partial charge is 0.173 e. The molecule has 0 saturated heterocycles. The van der Waals surface area contributed by atoms with E-state index in [9.17, 15) is 0 Å². The molecule has 0 bridgehead atoms. The van der Waals surface area contributed by atoms with Crippen LogP contribution in [0.2, 0.25) is 0 Å². The Labute approximate surface area is 123 Å². The average Bonchev–Trinajstić information content (AvgIpc) is 3.03. The molecular weight excluding hydrogens is 359 g/mol. The molecule has 0 amide bonds. The molecule has 1 fully saturated rings. The topological polar surface area (TPSA) is 64.7 Å². The SMILES string of the molecule is Nc1nc(-c2cncs2)nc(C2CCCC2)c1I. The highest BCUT2D eigenvalue weighted by Gasteiger charge is 2.23. The number of hydrogen-bond donors (Lipinski definition) is 1. The fourth-order valence-corrected chi connectivity index (χ4v) is 3.62. The molecule has 1 aliphatic carbocycles. The maximum Gasteiger partial charge on any atom is 0.173 e. The van der Waals surface area contributed by atoms with Crippen molar-refractivity contribution in [1.29, 1.82) is 0 Å². The fourth-order valence-electron chi connectivity index (χ4n) is 2.39. The van der Waals surface area contributed by atoms with E-state index < -0.39 is 0 Å². The number of hydrogen-bond acceptors (Lipinski definition) is 5.